The van der Waals surface area contributed by atoms with Crippen LogP contribution < -0.4 is 0 Å². The maximum atomic E-state index is 10.2. The Morgan fingerprint density at radius 2 is 1.90 bits per heavy atom. The first kappa shape index (κ1) is 7.77. The van der Waals surface area contributed by atoms with Crippen molar-refractivity contribution in [1.29, 1.82) is 0 Å². The molecule has 1 aliphatic carbocycles. The van der Waals surface area contributed by atoms with Crippen LogP contribution in [0.2, 0.25) is 0 Å². The summed E-state index contributed by atoms with van der Waals surface area (Å²) in [6, 6.07) is 0. The Morgan fingerprint density at radius 3 is 2.30 bits per heavy atom. The monoisotopic (exact) mass is 139 g/mol. The van der Waals surface area contributed by atoms with E-state index in [2.05, 4.69) is 13.2 Å². The molecule has 0 amide bonds. The molecule has 0 bridgehead atoms. The third-order valence-electron chi connectivity index (χ3n) is 2.59. The van der Waals surface area contributed by atoms with E-state index in [4.69, 9.17) is 0 Å². The van der Waals surface area contributed by atoms with Crippen LogP contribution in [0.25, 0.3) is 0 Å². The van der Waals surface area contributed by atoms with E-state index in [9.17, 15) is 4.79 Å². The van der Waals surface area contributed by atoms with Gasteiger partial charge in [-0.2, -0.15) is 0 Å². The van der Waals surface area contributed by atoms with Gasteiger partial charge in [0.1, 0.15) is 0 Å². The lowest BCUT2D eigenvalue weighted by Crippen LogP contribution is -2.14. The Bertz CT molecular complexity index is 101. The van der Waals surface area contributed by atoms with Gasteiger partial charge in [-0.05, 0) is 31.6 Å². The molecule has 0 aromatic carbocycles. The summed E-state index contributed by atoms with van der Waals surface area (Å²) >= 11 is 0. The van der Waals surface area contributed by atoms with E-state index in [0.717, 1.165) is 18.8 Å². The molecule has 0 aromatic rings. The molecule has 0 N–H and O–H groups in total. The summed E-state index contributed by atoms with van der Waals surface area (Å²) in [5, 5.41) is 0. The summed E-state index contributed by atoms with van der Waals surface area (Å²) in [5.41, 5.74) is 0. The molecule has 0 unspecified atom stereocenters. The van der Waals surface area contributed by atoms with Crippen LogP contribution in [0.3, 0.4) is 0 Å². The van der Waals surface area contributed by atoms with Crippen molar-refractivity contribution >= 4 is 6.29 Å². The Kier molecular flexibility index (Phi) is 2.91. The summed E-state index contributed by atoms with van der Waals surface area (Å²) in [6.07, 6.45) is 8.05. The SMILES string of the molecule is CCC1CCC([C]=O)CC1. The molecule has 0 spiro atoms. The zero-order chi connectivity index (χ0) is 7.40. The van der Waals surface area contributed by atoms with Crippen LogP contribution in [0.4, 0.5) is 0 Å². The molecule has 0 aliphatic heterocycles. The van der Waals surface area contributed by atoms with Crippen molar-refractivity contribution in [2.75, 3.05) is 0 Å². The minimum absolute atomic E-state index is 0.266. The van der Waals surface area contributed by atoms with Crippen molar-refractivity contribution in [2.45, 2.75) is 39.0 Å². The molecule has 1 fully saturated rings. The lowest BCUT2D eigenvalue weighted by Gasteiger charge is -2.23. The number of carbonyl (C=O) groups excluding carboxylic acids is 1. The van der Waals surface area contributed by atoms with E-state index in [1.165, 1.54) is 19.3 Å². The maximum absolute atomic E-state index is 10.2. The average molecular weight is 139 g/mol. The number of rotatable bonds is 2. The van der Waals surface area contributed by atoms with Gasteiger partial charge in [0.15, 0.2) is 0 Å². The van der Waals surface area contributed by atoms with Gasteiger partial charge in [0.25, 0.3) is 0 Å². The van der Waals surface area contributed by atoms with E-state index in [1.54, 1.807) is 0 Å². The standard InChI is InChI=1S/C9H15O/c1-2-8-3-5-9(7-10)6-4-8/h8-9H,2-6H2,1H3. The summed E-state index contributed by atoms with van der Waals surface area (Å²) in [6.45, 7) is 2.23. The van der Waals surface area contributed by atoms with Crippen LogP contribution in [0.1, 0.15) is 39.0 Å². The van der Waals surface area contributed by atoms with Gasteiger partial charge in [-0.3, -0.25) is 4.79 Å². The summed E-state index contributed by atoms with van der Waals surface area (Å²) in [7, 11) is 0. The fourth-order valence-electron chi connectivity index (χ4n) is 1.69. The highest BCUT2D eigenvalue weighted by atomic mass is 16.1. The Labute approximate surface area is 62.8 Å². The fraction of sp³-hybridized carbons (Fsp3) is 0.889. The Morgan fingerprint density at radius 1 is 1.30 bits per heavy atom. The third-order valence-corrected chi connectivity index (χ3v) is 2.59. The third kappa shape index (κ3) is 1.83. The van der Waals surface area contributed by atoms with Crippen molar-refractivity contribution in [1.82, 2.24) is 0 Å². The molecule has 0 atom stereocenters. The number of hydrogen-bond acceptors (Lipinski definition) is 1. The van der Waals surface area contributed by atoms with E-state index in [1.807, 2.05) is 0 Å². The lowest BCUT2D eigenvalue weighted by atomic mass is 9.82. The summed E-state index contributed by atoms with van der Waals surface area (Å²) in [5.74, 6) is 1.16. The normalized spacial score (nSPS) is 33.7. The topological polar surface area (TPSA) is 17.1 Å². The smallest absolute Gasteiger partial charge is 0.201 e. The minimum atomic E-state index is 0.266. The van der Waals surface area contributed by atoms with Crippen LogP contribution >= 0.6 is 0 Å². The van der Waals surface area contributed by atoms with E-state index >= 15 is 0 Å². The molecule has 10 heavy (non-hydrogen) atoms. The molecule has 1 heteroatoms. The summed E-state index contributed by atoms with van der Waals surface area (Å²) < 4.78 is 0. The highest BCUT2D eigenvalue weighted by Gasteiger charge is 2.19. The van der Waals surface area contributed by atoms with Crippen LogP contribution in [-0.2, 0) is 4.79 Å². The first-order valence-electron chi connectivity index (χ1n) is 4.24. The second-order valence-electron chi connectivity index (χ2n) is 3.24. The van der Waals surface area contributed by atoms with Crippen LogP contribution in [0, 0.1) is 11.8 Å². The zero-order valence-corrected chi connectivity index (χ0v) is 6.60. The quantitative estimate of drug-likeness (QED) is 0.573. The van der Waals surface area contributed by atoms with E-state index in [-0.39, 0.29) is 5.92 Å². The highest BCUT2D eigenvalue weighted by molar-refractivity contribution is 5.54. The Balaban J connectivity index is 2.23. The van der Waals surface area contributed by atoms with Crippen molar-refractivity contribution < 1.29 is 4.79 Å². The van der Waals surface area contributed by atoms with Crippen molar-refractivity contribution in [3.8, 4) is 0 Å². The van der Waals surface area contributed by atoms with E-state index < -0.39 is 0 Å². The highest BCUT2D eigenvalue weighted by Crippen LogP contribution is 2.29. The predicted molar refractivity (Wildman–Crippen MR) is 41.4 cm³/mol. The van der Waals surface area contributed by atoms with Crippen molar-refractivity contribution in [2.24, 2.45) is 11.8 Å². The van der Waals surface area contributed by atoms with Crippen LogP contribution in [0.5, 0.6) is 0 Å². The number of hydrogen-bond donors (Lipinski definition) is 0. The second-order valence-corrected chi connectivity index (χ2v) is 3.24. The van der Waals surface area contributed by atoms with Gasteiger partial charge in [-0.1, -0.05) is 13.3 Å². The van der Waals surface area contributed by atoms with Gasteiger partial charge < -0.3 is 0 Å². The lowest BCUT2D eigenvalue weighted by molar-refractivity contribution is 0.308. The van der Waals surface area contributed by atoms with Gasteiger partial charge in [-0.15, -0.1) is 0 Å². The van der Waals surface area contributed by atoms with Gasteiger partial charge in [0.2, 0.25) is 6.29 Å². The molecule has 1 rings (SSSR count). The fourth-order valence-corrected chi connectivity index (χ4v) is 1.69. The molecule has 1 saturated carbocycles. The van der Waals surface area contributed by atoms with Crippen molar-refractivity contribution in [3.63, 3.8) is 0 Å². The predicted octanol–water partition coefficient (Wildman–Crippen LogP) is 2.31. The van der Waals surface area contributed by atoms with Crippen molar-refractivity contribution in [3.05, 3.63) is 0 Å². The first-order valence-corrected chi connectivity index (χ1v) is 4.24. The molecule has 0 aromatic heterocycles. The largest absolute Gasteiger partial charge is 0.291 e. The van der Waals surface area contributed by atoms with Gasteiger partial charge >= 0.3 is 0 Å². The molecule has 0 saturated heterocycles. The minimum Gasteiger partial charge on any atom is -0.291 e. The maximum Gasteiger partial charge on any atom is 0.201 e. The molecule has 57 valence electrons. The van der Waals surface area contributed by atoms with Gasteiger partial charge in [-0.25, -0.2) is 0 Å². The zero-order valence-electron chi connectivity index (χ0n) is 6.60. The molecule has 1 radical (unpaired) electrons. The molecule has 1 nitrogen and oxygen atoms in total. The van der Waals surface area contributed by atoms with Gasteiger partial charge in [0.05, 0.1) is 0 Å². The first-order chi connectivity index (χ1) is 4.86. The van der Waals surface area contributed by atoms with Gasteiger partial charge in [0, 0.05) is 5.92 Å². The van der Waals surface area contributed by atoms with E-state index in [0.29, 0.717) is 0 Å². The average Bonchev–Trinajstić information content (AvgIpc) is 2.05. The van der Waals surface area contributed by atoms with Crippen LogP contribution in [-0.4, -0.2) is 6.29 Å². The van der Waals surface area contributed by atoms with Crippen LogP contribution in [0.15, 0.2) is 0 Å². The molecule has 0 heterocycles. The summed E-state index contributed by atoms with van der Waals surface area (Å²) in [4.78, 5) is 10.2. The molecule has 1 aliphatic rings. The second kappa shape index (κ2) is 3.75. The molecular formula is C9H15O. The molecular weight excluding hydrogens is 124 g/mol. The Hall–Kier alpha value is -0.330.